The third-order valence-corrected chi connectivity index (χ3v) is 4.79. The maximum absolute atomic E-state index is 12.7. The van der Waals surface area contributed by atoms with Crippen molar-refractivity contribution < 1.29 is 23.4 Å². The van der Waals surface area contributed by atoms with E-state index in [1.54, 1.807) is 12.1 Å². The molecule has 4 rings (SSSR count). The van der Waals surface area contributed by atoms with Crippen LogP contribution >= 0.6 is 11.6 Å². The van der Waals surface area contributed by atoms with Crippen molar-refractivity contribution in [3.8, 4) is 11.4 Å². The van der Waals surface area contributed by atoms with Crippen LogP contribution in [0, 0.1) is 0 Å². The van der Waals surface area contributed by atoms with Crippen LogP contribution < -0.4 is 5.32 Å². The Balaban J connectivity index is 1.64. The Hall–Kier alpha value is -3.41. The van der Waals surface area contributed by atoms with Gasteiger partial charge in [0.1, 0.15) is 29.8 Å². The van der Waals surface area contributed by atoms with Crippen LogP contribution in [0.4, 0.5) is 24.8 Å². The van der Waals surface area contributed by atoms with E-state index in [1.807, 2.05) is 0 Å². The molecule has 0 aromatic carbocycles. The quantitative estimate of drug-likeness (QED) is 0.408. The molecule has 0 aliphatic heterocycles. The van der Waals surface area contributed by atoms with Gasteiger partial charge in [-0.15, -0.1) is 0 Å². The number of alkyl halides is 3. The first-order chi connectivity index (χ1) is 15.3. The summed E-state index contributed by atoms with van der Waals surface area (Å²) in [5.74, 6) is 0.478. The molecule has 4 aromatic rings. The first-order valence-electron chi connectivity index (χ1n) is 9.13. The van der Waals surface area contributed by atoms with Crippen LogP contribution in [0.2, 0.25) is 5.02 Å². The first kappa shape index (κ1) is 21.8. The molecule has 0 saturated carbocycles. The second kappa shape index (κ2) is 8.61. The summed E-state index contributed by atoms with van der Waals surface area (Å²) in [6.45, 7) is -0.466. The van der Waals surface area contributed by atoms with Gasteiger partial charge in [0.2, 0.25) is 0 Å². The summed E-state index contributed by atoms with van der Waals surface area (Å²) in [4.78, 5) is 20.7. The van der Waals surface area contributed by atoms with Gasteiger partial charge in [0, 0.05) is 18.0 Å². The number of aliphatic hydroxyl groups is 2. The van der Waals surface area contributed by atoms with Crippen LogP contribution in [0.15, 0.2) is 49.1 Å². The lowest BCUT2D eigenvalue weighted by Crippen LogP contribution is -2.06. The van der Waals surface area contributed by atoms with Gasteiger partial charge in [0.15, 0.2) is 5.65 Å². The number of hydrogen-bond donors (Lipinski definition) is 3. The molecule has 3 N–H and O–H groups in total. The molecule has 0 aliphatic carbocycles. The summed E-state index contributed by atoms with van der Waals surface area (Å²) >= 11 is 6.27. The third-order valence-electron chi connectivity index (χ3n) is 4.50. The molecule has 8 nitrogen and oxygen atoms in total. The normalized spacial score (nSPS) is 12.7. The van der Waals surface area contributed by atoms with Crippen molar-refractivity contribution in [2.45, 2.75) is 12.3 Å². The van der Waals surface area contributed by atoms with Crippen molar-refractivity contribution in [1.82, 2.24) is 24.9 Å². The number of pyridine rings is 3. The molecule has 0 saturated heterocycles. The Bertz CT molecular complexity index is 1270. The highest BCUT2D eigenvalue weighted by atomic mass is 35.5. The van der Waals surface area contributed by atoms with Crippen molar-refractivity contribution in [1.29, 1.82) is 0 Å². The Morgan fingerprint density at radius 3 is 2.50 bits per heavy atom. The largest absolute Gasteiger partial charge is 0.417 e. The number of anilines is 2. The third kappa shape index (κ3) is 4.44. The Labute approximate surface area is 183 Å². The Morgan fingerprint density at radius 2 is 1.84 bits per heavy atom. The number of nitrogens with zero attached hydrogens (tertiary/aromatic N) is 5. The zero-order chi connectivity index (χ0) is 22.9. The average molecular weight is 463 g/mol. The molecular formula is C20H14ClF3N6O2. The molecule has 0 radical (unpaired) electrons. The lowest BCUT2D eigenvalue weighted by Gasteiger charge is -2.11. The number of aromatic nitrogens is 5. The highest BCUT2D eigenvalue weighted by Gasteiger charge is 2.30. The van der Waals surface area contributed by atoms with Gasteiger partial charge in [0.05, 0.1) is 28.3 Å². The second-order valence-electron chi connectivity index (χ2n) is 6.64. The van der Waals surface area contributed by atoms with Crippen molar-refractivity contribution in [3.63, 3.8) is 0 Å². The second-order valence-corrected chi connectivity index (χ2v) is 7.05. The van der Waals surface area contributed by atoms with Gasteiger partial charge in [-0.25, -0.2) is 19.9 Å². The monoisotopic (exact) mass is 462 g/mol. The van der Waals surface area contributed by atoms with Gasteiger partial charge >= 0.3 is 6.18 Å². The standard InChI is InChI=1S/C20H14ClF3N6O2/c21-13-5-10(15(32)8-31)6-26-17(13)14-3-2-12-18(29-14)27-9-28-19(12)30-16-4-1-11(7-25-16)20(22,23)24/h1-7,9,15,31-32H,8H2,(H,25,27,28,29,30). The first-order valence-corrected chi connectivity index (χ1v) is 9.51. The summed E-state index contributed by atoms with van der Waals surface area (Å²) in [5, 5.41) is 22.4. The van der Waals surface area contributed by atoms with Gasteiger partial charge < -0.3 is 15.5 Å². The molecular weight excluding hydrogens is 449 g/mol. The van der Waals surface area contributed by atoms with E-state index in [1.165, 1.54) is 24.7 Å². The van der Waals surface area contributed by atoms with Crippen molar-refractivity contribution in [3.05, 3.63) is 65.2 Å². The molecule has 1 unspecified atom stereocenters. The highest BCUT2D eigenvalue weighted by molar-refractivity contribution is 6.33. The molecule has 4 aromatic heterocycles. The molecule has 164 valence electrons. The molecule has 0 amide bonds. The maximum Gasteiger partial charge on any atom is 0.417 e. The van der Waals surface area contributed by atoms with Crippen molar-refractivity contribution in [2.75, 3.05) is 11.9 Å². The molecule has 0 bridgehead atoms. The molecule has 12 heteroatoms. The topological polar surface area (TPSA) is 117 Å². The van der Waals surface area contributed by atoms with Crippen LogP contribution in [0.5, 0.6) is 0 Å². The fourth-order valence-electron chi connectivity index (χ4n) is 2.86. The number of fused-ring (bicyclic) bond motifs is 1. The number of rotatable bonds is 5. The van der Waals surface area contributed by atoms with Crippen LogP contribution in [-0.4, -0.2) is 41.7 Å². The summed E-state index contributed by atoms with van der Waals surface area (Å²) < 4.78 is 38.1. The number of hydrogen-bond acceptors (Lipinski definition) is 8. The summed E-state index contributed by atoms with van der Waals surface area (Å²) in [5.41, 5.74) is 0.553. The van der Waals surface area contributed by atoms with Gasteiger partial charge in [-0.1, -0.05) is 11.6 Å². The molecule has 0 spiro atoms. The molecule has 0 aliphatic rings. The lowest BCUT2D eigenvalue weighted by molar-refractivity contribution is -0.137. The van der Waals surface area contributed by atoms with E-state index in [0.29, 0.717) is 33.8 Å². The van der Waals surface area contributed by atoms with E-state index in [9.17, 15) is 18.3 Å². The highest BCUT2D eigenvalue weighted by Crippen LogP contribution is 2.31. The molecule has 32 heavy (non-hydrogen) atoms. The summed E-state index contributed by atoms with van der Waals surface area (Å²) in [6.07, 6.45) is -2.21. The minimum absolute atomic E-state index is 0.171. The van der Waals surface area contributed by atoms with E-state index in [4.69, 9.17) is 16.7 Å². The fourth-order valence-corrected chi connectivity index (χ4v) is 3.13. The van der Waals surface area contributed by atoms with E-state index in [0.717, 1.165) is 12.3 Å². The Kier molecular flexibility index (Phi) is 5.87. The van der Waals surface area contributed by atoms with E-state index in [-0.39, 0.29) is 10.8 Å². The van der Waals surface area contributed by atoms with Crippen LogP contribution in [0.3, 0.4) is 0 Å². The van der Waals surface area contributed by atoms with Crippen LogP contribution in [0.25, 0.3) is 22.4 Å². The van der Waals surface area contributed by atoms with Crippen molar-refractivity contribution in [2.24, 2.45) is 0 Å². The minimum Gasteiger partial charge on any atom is -0.393 e. The van der Waals surface area contributed by atoms with Crippen LogP contribution in [0.1, 0.15) is 17.2 Å². The predicted octanol–water partition coefficient (Wildman–Crippen LogP) is 3.92. The smallest absolute Gasteiger partial charge is 0.393 e. The van der Waals surface area contributed by atoms with E-state index in [2.05, 4.69) is 30.2 Å². The van der Waals surface area contributed by atoms with E-state index >= 15 is 0 Å². The zero-order valence-corrected chi connectivity index (χ0v) is 16.8. The lowest BCUT2D eigenvalue weighted by atomic mass is 10.1. The van der Waals surface area contributed by atoms with Crippen LogP contribution in [-0.2, 0) is 6.18 Å². The van der Waals surface area contributed by atoms with Gasteiger partial charge in [-0.2, -0.15) is 13.2 Å². The SMILES string of the molecule is OCC(O)c1cnc(-c2ccc3c(Nc4ccc(C(F)(F)F)cn4)ncnc3n2)c(Cl)c1. The minimum atomic E-state index is -4.48. The predicted molar refractivity (Wildman–Crippen MR) is 110 cm³/mol. The maximum atomic E-state index is 12.7. The van der Waals surface area contributed by atoms with Gasteiger partial charge in [0.25, 0.3) is 0 Å². The Morgan fingerprint density at radius 1 is 1.03 bits per heavy atom. The molecule has 1 atom stereocenters. The van der Waals surface area contributed by atoms with E-state index < -0.39 is 24.5 Å². The number of aliphatic hydroxyl groups excluding tert-OH is 2. The van der Waals surface area contributed by atoms with Gasteiger partial charge in [-0.3, -0.25) is 4.98 Å². The van der Waals surface area contributed by atoms with Crippen molar-refractivity contribution >= 4 is 34.3 Å². The summed E-state index contributed by atoms with van der Waals surface area (Å²) in [7, 11) is 0. The fraction of sp³-hybridized carbons (Fsp3) is 0.150. The van der Waals surface area contributed by atoms with Gasteiger partial charge in [-0.05, 0) is 30.3 Å². The summed E-state index contributed by atoms with van der Waals surface area (Å²) in [6, 6.07) is 6.90. The molecule has 4 heterocycles. The number of halogens is 4. The number of nitrogens with one attached hydrogen (secondary N) is 1. The average Bonchev–Trinajstić information content (AvgIpc) is 2.78. The molecule has 0 fully saturated rings. The zero-order valence-electron chi connectivity index (χ0n) is 16.0.